The minimum atomic E-state index is -2.26. The van der Waals surface area contributed by atoms with Gasteiger partial charge in [-0.3, -0.25) is 4.55 Å². The van der Waals surface area contributed by atoms with Gasteiger partial charge < -0.3 is 5.73 Å². The van der Waals surface area contributed by atoms with E-state index >= 15 is 0 Å². The highest BCUT2D eigenvalue weighted by atomic mass is 32.2. The molecular weight excluding hydrogens is 238 g/mol. The molecule has 0 spiro atoms. The molecule has 1 aromatic carbocycles. The third kappa shape index (κ3) is 3.31. The van der Waals surface area contributed by atoms with Gasteiger partial charge in [0.15, 0.2) is 0 Å². The van der Waals surface area contributed by atoms with Gasteiger partial charge in [-0.2, -0.15) is 0 Å². The van der Waals surface area contributed by atoms with E-state index in [-0.39, 0.29) is 17.7 Å². The minimum absolute atomic E-state index is 0.0238. The Bertz CT molecular complexity index is 413. The van der Waals surface area contributed by atoms with Gasteiger partial charge in [0.1, 0.15) is 11.6 Å². The van der Waals surface area contributed by atoms with Gasteiger partial charge in [0.25, 0.3) is 0 Å². The summed E-state index contributed by atoms with van der Waals surface area (Å²) in [4.78, 5) is 0. The third-order valence-electron chi connectivity index (χ3n) is 2.04. The molecule has 7 heteroatoms. The largest absolute Gasteiger partial charge is 0.324 e. The summed E-state index contributed by atoms with van der Waals surface area (Å²) in [5.41, 5.74) is 5.50. The van der Waals surface area contributed by atoms with Crippen molar-refractivity contribution in [3.63, 3.8) is 0 Å². The Labute approximate surface area is 94.3 Å². The van der Waals surface area contributed by atoms with Crippen LogP contribution in [0.3, 0.4) is 0 Å². The molecule has 0 saturated carbocycles. The molecule has 0 aliphatic heterocycles. The maximum atomic E-state index is 13.4. The molecule has 1 rings (SSSR count). The highest BCUT2D eigenvalue weighted by Gasteiger charge is 2.12. The molecule has 0 fully saturated rings. The van der Waals surface area contributed by atoms with Crippen LogP contribution in [0.2, 0.25) is 0 Å². The van der Waals surface area contributed by atoms with E-state index in [0.717, 1.165) is 12.1 Å². The molecule has 0 heterocycles. The maximum Gasteiger partial charge on any atom is 0.232 e. The molecule has 0 aliphatic rings. The molecule has 1 aromatic rings. The lowest BCUT2D eigenvalue weighted by atomic mass is 10.1. The number of halogens is 2. The number of hydrogen-bond donors (Lipinski definition) is 3. The number of benzene rings is 1. The summed E-state index contributed by atoms with van der Waals surface area (Å²) < 4.78 is 47.6. The molecule has 4 N–H and O–H groups in total. The Balaban J connectivity index is 2.96. The standard InChI is InChI=1S/C9H12F2N2O2S/c1-5(12)7-3-8(10)6(2-9(7)11)4-13-16(14)15/h2-3,5,13H,4,12H2,1H3,(H,14,15)/t5-/m1/s1. The first kappa shape index (κ1) is 13.2. The van der Waals surface area contributed by atoms with E-state index < -0.39 is 28.9 Å². The summed E-state index contributed by atoms with van der Waals surface area (Å²) in [5.74, 6) is -1.29. The van der Waals surface area contributed by atoms with Crippen molar-refractivity contribution in [3.8, 4) is 0 Å². The fraction of sp³-hybridized carbons (Fsp3) is 0.333. The van der Waals surface area contributed by atoms with Gasteiger partial charge in [-0.05, 0) is 19.1 Å². The van der Waals surface area contributed by atoms with Crippen molar-refractivity contribution in [2.24, 2.45) is 5.73 Å². The summed E-state index contributed by atoms with van der Waals surface area (Å²) >= 11 is -2.26. The lowest BCUT2D eigenvalue weighted by Crippen LogP contribution is -2.17. The first-order valence-electron chi connectivity index (χ1n) is 4.49. The summed E-state index contributed by atoms with van der Waals surface area (Å²) in [6.07, 6.45) is 0. The van der Waals surface area contributed by atoms with Crippen molar-refractivity contribution in [3.05, 3.63) is 34.9 Å². The molecule has 0 radical (unpaired) electrons. The van der Waals surface area contributed by atoms with Gasteiger partial charge in [-0.15, -0.1) is 0 Å². The van der Waals surface area contributed by atoms with Crippen LogP contribution in [-0.2, 0) is 17.8 Å². The van der Waals surface area contributed by atoms with Crippen LogP contribution >= 0.6 is 0 Å². The van der Waals surface area contributed by atoms with Crippen molar-refractivity contribution >= 4 is 11.3 Å². The summed E-state index contributed by atoms with van der Waals surface area (Å²) in [6, 6.07) is 1.36. The van der Waals surface area contributed by atoms with E-state index in [4.69, 9.17) is 10.3 Å². The van der Waals surface area contributed by atoms with E-state index in [1.165, 1.54) is 0 Å². The molecular formula is C9H12F2N2O2S. The molecule has 16 heavy (non-hydrogen) atoms. The van der Waals surface area contributed by atoms with Crippen LogP contribution in [0.15, 0.2) is 12.1 Å². The smallest absolute Gasteiger partial charge is 0.232 e. The second-order valence-electron chi connectivity index (χ2n) is 3.32. The fourth-order valence-electron chi connectivity index (χ4n) is 1.23. The van der Waals surface area contributed by atoms with Crippen LogP contribution < -0.4 is 10.5 Å². The second-order valence-corrected chi connectivity index (χ2v) is 4.11. The monoisotopic (exact) mass is 250 g/mol. The lowest BCUT2D eigenvalue weighted by molar-refractivity contribution is 0.539. The molecule has 1 unspecified atom stereocenters. The first-order chi connectivity index (χ1) is 7.41. The van der Waals surface area contributed by atoms with Crippen molar-refractivity contribution in [1.82, 2.24) is 4.72 Å². The quantitative estimate of drug-likeness (QED) is 0.703. The van der Waals surface area contributed by atoms with Crippen LogP contribution in [0, 0.1) is 11.6 Å². The normalized spacial score (nSPS) is 14.8. The summed E-state index contributed by atoms with van der Waals surface area (Å²) in [6.45, 7) is 1.31. The number of hydrogen-bond acceptors (Lipinski definition) is 2. The van der Waals surface area contributed by atoms with Crippen LogP contribution in [0.1, 0.15) is 24.1 Å². The van der Waals surface area contributed by atoms with Crippen LogP contribution in [0.5, 0.6) is 0 Å². The van der Waals surface area contributed by atoms with E-state index in [2.05, 4.69) is 4.72 Å². The molecule has 2 atom stereocenters. The molecule has 0 aromatic heterocycles. The Morgan fingerprint density at radius 3 is 2.62 bits per heavy atom. The van der Waals surface area contributed by atoms with Gasteiger partial charge in [0.2, 0.25) is 11.3 Å². The lowest BCUT2D eigenvalue weighted by Gasteiger charge is -2.10. The summed E-state index contributed by atoms with van der Waals surface area (Å²) in [7, 11) is 0. The number of rotatable bonds is 4. The number of nitrogens with two attached hydrogens (primary N) is 1. The fourth-order valence-corrected chi connectivity index (χ4v) is 1.51. The van der Waals surface area contributed by atoms with E-state index in [1.54, 1.807) is 6.92 Å². The average Bonchev–Trinajstić information content (AvgIpc) is 2.18. The van der Waals surface area contributed by atoms with Crippen molar-refractivity contribution < 1.29 is 17.5 Å². The van der Waals surface area contributed by atoms with E-state index in [9.17, 15) is 13.0 Å². The molecule has 0 aliphatic carbocycles. The van der Waals surface area contributed by atoms with Crippen molar-refractivity contribution in [2.75, 3.05) is 0 Å². The average molecular weight is 250 g/mol. The Morgan fingerprint density at radius 1 is 1.50 bits per heavy atom. The van der Waals surface area contributed by atoms with Crippen molar-refractivity contribution in [1.29, 1.82) is 0 Å². The summed E-state index contributed by atoms with van der Waals surface area (Å²) in [5, 5.41) is 0. The Morgan fingerprint density at radius 2 is 2.12 bits per heavy atom. The van der Waals surface area contributed by atoms with Gasteiger partial charge in [-0.25, -0.2) is 17.7 Å². The molecule has 0 amide bonds. The molecule has 90 valence electrons. The van der Waals surface area contributed by atoms with E-state index in [1.807, 2.05) is 0 Å². The molecule has 0 bridgehead atoms. The minimum Gasteiger partial charge on any atom is -0.324 e. The zero-order chi connectivity index (χ0) is 12.3. The van der Waals surface area contributed by atoms with Crippen LogP contribution in [0.25, 0.3) is 0 Å². The third-order valence-corrected chi connectivity index (χ3v) is 2.43. The maximum absolute atomic E-state index is 13.4. The van der Waals surface area contributed by atoms with Gasteiger partial charge in [0, 0.05) is 23.7 Å². The Kier molecular flexibility index (Phi) is 4.48. The zero-order valence-corrected chi connectivity index (χ0v) is 9.35. The highest BCUT2D eigenvalue weighted by molar-refractivity contribution is 7.77. The second kappa shape index (κ2) is 5.44. The van der Waals surface area contributed by atoms with Crippen molar-refractivity contribution in [2.45, 2.75) is 19.5 Å². The first-order valence-corrected chi connectivity index (χ1v) is 5.60. The van der Waals surface area contributed by atoms with Gasteiger partial charge >= 0.3 is 0 Å². The van der Waals surface area contributed by atoms with Gasteiger partial charge in [0.05, 0.1) is 0 Å². The zero-order valence-electron chi connectivity index (χ0n) is 8.54. The SMILES string of the molecule is C[C@@H](N)c1cc(F)c(CNS(=O)O)cc1F. The molecule has 0 saturated heterocycles. The number of nitrogens with one attached hydrogen (secondary N) is 1. The Hall–Kier alpha value is -0.890. The topological polar surface area (TPSA) is 75.3 Å². The predicted octanol–water partition coefficient (Wildman–Crippen LogP) is 1.21. The van der Waals surface area contributed by atoms with E-state index in [0.29, 0.717) is 0 Å². The molecule has 4 nitrogen and oxygen atoms in total. The predicted molar refractivity (Wildman–Crippen MR) is 56.6 cm³/mol. The van der Waals surface area contributed by atoms with Crippen LogP contribution in [0.4, 0.5) is 8.78 Å². The van der Waals surface area contributed by atoms with Crippen LogP contribution in [-0.4, -0.2) is 8.76 Å². The van der Waals surface area contributed by atoms with Gasteiger partial charge in [-0.1, -0.05) is 0 Å². The highest BCUT2D eigenvalue weighted by Crippen LogP contribution is 2.19.